The third-order valence-electron chi connectivity index (χ3n) is 4.12. The molecule has 1 aliphatic rings. The van der Waals surface area contributed by atoms with Gasteiger partial charge in [0.25, 0.3) is 0 Å². The number of aromatic nitrogens is 4. The molecular weight excluding hydrogens is 304 g/mol. The first-order valence-corrected chi connectivity index (χ1v) is 8.45. The number of imidazole rings is 1. The van der Waals surface area contributed by atoms with Crippen molar-refractivity contribution in [3.63, 3.8) is 0 Å². The fourth-order valence-corrected chi connectivity index (χ4v) is 2.81. The minimum atomic E-state index is -0.0335. The Morgan fingerprint density at radius 1 is 1.25 bits per heavy atom. The largest absolute Gasteiger partial charge is 0.356 e. The van der Waals surface area contributed by atoms with Gasteiger partial charge in [-0.2, -0.15) is 0 Å². The van der Waals surface area contributed by atoms with Gasteiger partial charge in [-0.25, -0.2) is 19.7 Å². The first-order valence-electron chi connectivity index (χ1n) is 8.45. The van der Waals surface area contributed by atoms with E-state index in [4.69, 9.17) is 0 Å². The van der Waals surface area contributed by atoms with E-state index in [9.17, 15) is 4.79 Å². The van der Waals surface area contributed by atoms with E-state index < -0.39 is 0 Å². The van der Waals surface area contributed by atoms with Crippen LogP contribution in [0, 0.1) is 6.92 Å². The Balaban J connectivity index is 0.00000100. The number of piperidine rings is 1. The molecule has 0 saturated carbocycles. The minimum Gasteiger partial charge on any atom is -0.356 e. The molecule has 0 bridgehead atoms. The quantitative estimate of drug-likeness (QED) is 0.846. The zero-order valence-electron chi connectivity index (χ0n) is 14.9. The fourth-order valence-electron chi connectivity index (χ4n) is 2.81. The van der Waals surface area contributed by atoms with Crippen molar-refractivity contribution < 1.29 is 4.79 Å². The summed E-state index contributed by atoms with van der Waals surface area (Å²) in [6.45, 7) is 7.68. The van der Waals surface area contributed by atoms with Crippen molar-refractivity contribution in [1.82, 2.24) is 24.4 Å². The molecule has 3 heterocycles. The number of rotatable bonds is 2. The standard InChI is InChI=1S/C15H20N6O.C2H6/c1-12-17-6-3-14(18-12)20-8-4-13(5-9-20)19(2)15(22)21-10-7-16-11-21;1-2/h3,6-7,10-11,13H,4-5,8-9H2,1-2H3;1-2H3. The number of carbonyl (C=O) groups is 1. The maximum Gasteiger partial charge on any atom is 0.329 e. The van der Waals surface area contributed by atoms with Crippen LogP contribution in [0.1, 0.15) is 32.5 Å². The number of anilines is 1. The van der Waals surface area contributed by atoms with Crippen LogP contribution in [0.25, 0.3) is 0 Å². The molecule has 2 aromatic heterocycles. The lowest BCUT2D eigenvalue weighted by molar-refractivity contribution is 0.181. The second-order valence-corrected chi connectivity index (χ2v) is 5.54. The van der Waals surface area contributed by atoms with Crippen molar-refractivity contribution in [1.29, 1.82) is 0 Å². The molecule has 3 rings (SSSR count). The van der Waals surface area contributed by atoms with Gasteiger partial charge in [-0.3, -0.25) is 4.57 Å². The van der Waals surface area contributed by atoms with Crippen molar-refractivity contribution in [2.75, 3.05) is 25.0 Å². The van der Waals surface area contributed by atoms with Crippen LogP contribution in [-0.2, 0) is 0 Å². The van der Waals surface area contributed by atoms with Gasteiger partial charge in [0.2, 0.25) is 0 Å². The summed E-state index contributed by atoms with van der Waals surface area (Å²) in [6.07, 6.45) is 8.49. The molecule has 0 aromatic carbocycles. The van der Waals surface area contributed by atoms with Crippen molar-refractivity contribution in [2.24, 2.45) is 0 Å². The monoisotopic (exact) mass is 330 g/mol. The fraction of sp³-hybridized carbons (Fsp3) is 0.529. The molecule has 1 amide bonds. The molecule has 0 radical (unpaired) electrons. The number of hydrogen-bond acceptors (Lipinski definition) is 5. The van der Waals surface area contributed by atoms with E-state index in [-0.39, 0.29) is 12.1 Å². The van der Waals surface area contributed by atoms with E-state index >= 15 is 0 Å². The third-order valence-corrected chi connectivity index (χ3v) is 4.12. The summed E-state index contributed by atoms with van der Waals surface area (Å²) in [6, 6.07) is 2.15. The average Bonchev–Trinajstić information content (AvgIpc) is 3.17. The average molecular weight is 330 g/mol. The summed E-state index contributed by atoms with van der Waals surface area (Å²) >= 11 is 0. The highest BCUT2D eigenvalue weighted by molar-refractivity contribution is 5.76. The summed E-state index contributed by atoms with van der Waals surface area (Å²) < 4.78 is 1.51. The van der Waals surface area contributed by atoms with Gasteiger partial charge in [0.05, 0.1) is 0 Å². The van der Waals surface area contributed by atoms with E-state index in [0.29, 0.717) is 0 Å². The Morgan fingerprint density at radius 2 is 1.96 bits per heavy atom. The van der Waals surface area contributed by atoms with Crippen LogP contribution in [-0.4, -0.2) is 56.6 Å². The number of aryl methyl sites for hydroxylation is 1. The van der Waals surface area contributed by atoms with Crippen molar-refractivity contribution in [2.45, 2.75) is 39.7 Å². The SMILES string of the molecule is CC.Cc1nccc(N2CCC(N(C)C(=O)n3ccnc3)CC2)n1. The van der Waals surface area contributed by atoms with Gasteiger partial charge in [-0.1, -0.05) is 13.8 Å². The van der Waals surface area contributed by atoms with Crippen LogP contribution < -0.4 is 4.90 Å². The summed E-state index contributed by atoms with van der Waals surface area (Å²) in [5.74, 6) is 1.75. The lowest BCUT2D eigenvalue weighted by atomic mass is 10.0. The Morgan fingerprint density at radius 3 is 2.54 bits per heavy atom. The van der Waals surface area contributed by atoms with Crippen LogP contribution in [0.4, 0.5) is 10.6 Å². The molecule has 2 aromatic rings. The molecule has 1 aliphatic heterocycles. The van der Waals surface area contributed by atoms with Gasteiger partial charge in [0.1, 0.15) is 18.0 Å². The summed E-state index contributed by atoms with van der Waals surface area (Å²) in [4.78, 5) is 28.9. The third kappa shape index (κ3) is 4.10. The molecule has 130 valence electrons. The van der Waals surface area contributed by atoms with Crippen LogP contribution in [0.15, 0.2) is 31.0 Å². The minimum absolute atomic E-state index is 0.0335. The Labute approximate surface area is 143 Å². The number of carbonyl (C=O) groups excluding carboxylic acids is 1. The molecule has 0 spiro atoms. The molecular formula is C17H26N6O. The Hall–Kier alpha value is -2.44. The maximum atomic E-state index is 12.3. The number of hydrogen-bond donors (Lipinski definition) is 0. The van der Waals surface area contributed by atoms with Crippen LogP contribution in [0.2, 0.25) is 0 Å². The smallest absolute Gasteiger partial charge is 0.329 e. The predicted octanol–water partition coefficient (Wildman–Crippen LogP) is 2.58. The maximum absolute atomic E-state index is 12.3. The van der Waals surface area contributed by atoms with Crippen LogP contribution >= 0.6 is 0 Å². The van der Waals surface area contributed by atoms with Crippen molar-refractivity contribution in [3.8, 4) is 0 Å². The van der Waals surface area contributed by atoms with Crippen molar-refractivity contribution >= 4 is 11.8 Å². The van der Waals surface area contributed by atoms with Gasteiger partial charge in [-0.05, 0) is 25.8 Å². The van der Waals surface area contributed by atoms with Gasteiger partial charge in [0, 0.05) is 44.8 Å². The molecule has 0 atom stereocenters. The van der Waals surface area contributed by atoms with Crippen LogP contribution in [0.3, 0.4) is 0 Å². The molecule has 7 nitrogen and oxygen atoms in total. The molecule has 7 heteroatoms. The van der Waals surface area contributed by atoms with Gasteiger partial charge in [0.15, 0.2) is 0 Å². The molecule has 0 aliphatic carbocycles. The molecule has 24 heavy (non-hydrogen) atoms. The van der Waals surface area contributed by atoms with E-state index in [2.05, 4.69) is 19.9 Å². The van der Waals surface area contributed by atoms with Gasteiger partial charge >= 0.3 is 6.03 Å². The lowest BCUT2D eigenvalue weighted by Gasteiger charge is -2.37. The van der Waals surface area contributed by atoms with Gasteiger partial charge in [-0.15, -0.1) is 0 Å². The molecule has 0 unspecified atom stereocenters. The number of amides is 1. The lowest BCUT2D eigenvalue weighted by Crippen LogP contribution is -2.46. The Kier molecular flexibility index (Phi) is 6.28. The van der Waals surface area contributed by atoms with Crippen LogP contribution in [0.5, 0.6) is 0 Å². The van der Waals surface area contributed by atoms with Gasteiger partial charge < -0.3 is 9.80 Å². The molecule has 1 fully saturated rings. The highest BCUT2D eigenvalue weighted by Gasteiger charge is 2.26. The predicted molar refractivity (Wildman–Crippen MR) is 94.1 cm³/mol. The number of nitrogens with zero attached hydrogens (tertiary/aromatic N) is 6. The first-order chi connectivity index (χ1) is 11.6. The molecule has 0 N–H and O–H groups in total. The van der Waals surface area contributed by atoms with E-state index in [1.165, 1.54) is 10.9 Å². The Bertz CT molecular complexity index is 634. The van der Waals surface area contributed by atoms with E-state index in [1.807, 2.05) is 38.8 Å². The zero-order valence-corrected chi connectivity index (χ0v) is 14.9. The summed E-state index contributed by atoms with van der Waals surface area (Å²) in [7, 11) is 1.86. The van der Waals surface area contributed by atoms with Crippen molar-refractivity contribution in [3.05, 3.63) is 36.8 Å². The second kappa shape index (κ2) is 8.42. The second-order valence-electron chi connectivity index (χ2n) is 5.54. The molecule has 1 saturated heterocycles. The highest BCUT2D eigenvalue weighted by atomic mass is 16.2. The highest BCUT2D eigenvalue weighted by Crippen LogP contribution is 2.20. The summed E-state index contributed by atoms with van der Waals surface area (Å²) in [5, 5.41) is 0. The van der Waals surface area contributed by atoms with E-state index in [1.54, 1.807) is 18.6 Å². The zero-order chi connectivity index (χ0) is 17.5. The van der Waals surface area contributed by atoms with E-state index in [0.717, 1.165) is 37.6 Å². The normalized spacial score (nSPS) is 14.8. The summed E-state index contributed by atoms with van der Waals surface area (Å²) in [5.41, 5.74) is 0. The first kappa shape index (κ1) is 17.9. The topological polar surface area (TPSA) is 67.2 Å².